The average molecular weight is 839 g/mol. The second-order valence-electron chi connectivity index (χ2n) is 15.4. The van der Waals surface area contributed by atoms with E-state index in [9.17, 15) is 19.4 Å². The van der Waals surface area contributed by atoms with E-state index in [-0.39, 0.29) is 19.6 Å². The van der Waals surface area contributed by atoms with Crippen LogP contribution in [0.25, 0.3) is 0 Å². The van der Waals surface area contributed by atoms with Gasteiger partial charge in [0.05, 0.1) is 26.4 Å². The Hall–Kier alpha value is -1.84. The lowest BCUT2D eigenvalue weighted by atomic mass is 10.1. The molecule has 0 saturated carbocycles. The topological polar surface area (TPSA) is 132 Å². The number of hydrogen-bond acceptors (Lipinski definition) is 8. The fourth-order valence-electron chi connectivity index (χ4n) is 6.11. The molecule has 3 N–H and O–H groups in total. The van der Waals surface area contributed by atoms with Crippen LogP contribution in [0.2, 0.25) is 0 Å². The highest BCUT2D eigenvalue weighted by Gasteiger charge is 2.26. The summed E-state index contributed by atoms with van der Waals surface area (Å²) in [7, 11) is -4.53. The van der Waals surface area contributed by atoms with Gasteiger partial charge in [-0.1, -0.05) is 171 Å². The molecule has 0 aliphatic heterocycles. The maximum absolute atomic E-state index is 12.6. The fraction of sp³-hybridized carbons (Fsp3) is 0.771. The summed E-state index contributed by atoms with van der Waals surface area (Å²) in [5, 5.41) is 18.4. The van der Waals surface area contributed by atoms with E-state index in [4.69, 9.17) is 23.6 Å². The molecule has 0 heterocycles. The lowest BCUT2D eigenvalue weighted by molar-refractivity contribution is -0.154. The van der Waals surface area contributed by atoms with Gasteiger partial charge in [-0.25, -0.2) is 4.57 Å². The van der Waals surface area contributed by atoms with Gasteiger partial charge in [-0.3, -0.25) is 13.8 Å². The standard InChI is InChI=1S/C48H87O9P/c1-3-5-7-9-11-13-15-17-18-19-20-21-22-23-24-25-26-27-29-31-33-35-37-39-41-54-44-47(45-56-58(52,53)55-43-46(50)42-49)57-48(51)40-38-36-34-32-30-28-16-14-12-10-8-6-4-2/h8,10,14-17,19-20,22-23,46-47,49-50H,3-7,9,11-13,18,21,24-45H2,1-2H3,(H,52,53)/b10-8-,16-14-,17-15-,20-19-,23-22-. The highest BCUT2D eigenvalue weighted by Crippen LogP contribution is 2.43. The second-order valence-corrected chi connectivity index (χ2v) is 16.9. The number of phosphoric acid groups is 1. The van der Waals surface area contributed by atoms with Crippen molar-refractivity contribution in [2.45, 2.75) is 206 Å². The first-order valence-corrected chi connectivity index (χ1v) is 24.8. The van der Waals surface area contributed by atoms with Gasteiger partial charge in [-0.2, -0.15) is 0 Å². The van der Waals surface area contributed by atoms with Gasteiger partial charge in [0.25, 0.3) is 0 Å². The van der Waals surface area contributed by atoms with Crippen LogP contribution < -0.4 is 0 Å². The summed E-state index contributed by atoms with van der Waals surface area (Å²) in [5.41, 5.74) is 0. The van der Waals surface area contributed by atoms with Crippen LogP contribution in [0.4, 0.5) is 0 Å². The smallest absolute Gasteiger partial charge is 0.457 e. The van der Waals surface area contributed by atoms with Crippen LogP contribution in [-0.2, 0) is 27.9 Å². The van der Waals surface area contributed by atoms with Crippen molar-refractivity contribution in [2.75, 3.05) is 33.0 Å². The summed E-state index contributed by atoms with van der Waals surface area (Å²) in [6, 6.07) is 0. The van der Waals surface area contributed by atoms with Gasteiger partial charge in [0.15, 0.2) is 0 Å². The van der Waals surface area contributed by atoms with Gasteiger partial charge in [-0.05, 0) is 77.0 Å². The molecule has 0 aromatic rings. The maximum atomic E-state index is 12.6. The Balaban J connectivity index is 4.10. The van der Waals surface area contributed by atoms with Crippen molar-refractivity contribution in [3.8, 4) is 0 Å². The molecule has 0 spiro atoms. The van der Waals surface area contributed by atoms with Gasteiger partial charge in [-0.15, -0.1) is 0 Å². The third-order valence-corrected chi connectivity index (χ3v) is 10.6. The minimum atomic E-state index is -4.53. The minimum Gasteiger partial charge on any atom is -0.457 e. The Labute approximate surface area is 355 Å². The quantitative estimate of drug-likeness (QED) is 0.0237. The molecule has 9 nitrogen and oxygen atoms in total. The third-order valence-electron chi connectivity index (χ3n) is 9.66. The Morgan fingerprint density at radius 2 is 0.966 bits per heavy atom. The van der Waals surface area contributed by atoms with Crippen LogP contribution >= 0.6 is 7.82 Å². The number of aliphatic hydroxyl groups is 2. The summed E-state index contributed by atoms with van der Waals surface area (Å²) in [6.45, 7) is 3.41. The van der Waals surface area contributed by atoms with E-state index in [0.29, 0.717) is 13.0 Å². The zero-order valence-electron chi connectivity index (χ0n) is 37.0. The van der Waals surface area contributed by atoms with E-state index in [1.54, 1.807) is 0 Å². The van der Waals surface area contributed by atoms with E-state index in [0.717, 1.165) is 83.5 Å². The predicted octanol–water partition coefficient (Wildman–Crippen LogP) is 13.1. The molecule has 3 atom stereocenters. The number of allylic oxidation sites excluding steroid dienone is 10. The Morgan fingerprint density at radius 1 is 0.534 bits per heavy atom. The first-order chi connectivity index (χ1) is 28.3. The average Bonchev–Trinajstić information content (AvgIpc) is 3.21. The molecule has 0 aliphatic carbocycles. The van der Waals surface area contributed by atoms with E-state index in [1.807, 2.05) is 0 Å². The van der Waals surface area contributed by atoms with Crippen LogP contribution in [0.15, 0.2) is 60.8 Å². The Bertz CT molecular complexity index is 1090. The molecule has 0 amide bonds. The molecule has 0 aliphatic rings. The highest BCUT2D eigenvalue weighted by atomic mass is 31.2. The molecule has 0 fully saturated rings. The van der Waals surface area contributed by atoms with Crippen LogP contribution in [0.5, 0.6) is 0 Å². The summed E-state index contributed by atoms with van der Waals surface area (Å²) < 4.78 is 33.4. The molecule has 0 aromatic carbocycles. The zero-order valence-corrected chi connectivity index (χ0v) is 37.9. The summed E-state index contributed by atoms with van der Waals surface area (Å²) >= 11 is 0. The molecule has 3 unspecified atom stereocenters. The number of ether oxygens (including phenoxy) is 2. The molecular formula is C48H87O9P. The highest BCUT2D eigenvalue weighted by molar-refractivity contribution is 7.47. The van der Waals surface area contributed by atoms with Gasteiger partial charge in [0, 0.05) is 13.0 Å². The predicted molar refractivity (Wildman–Crippen MR) is 242 cm³/mol. The number of carbonyl (C=O) groups excluding carboxylic acids is 1. The number of esters is 1. The largest absolute Gasteiger partial charge is 0.472 e. The maximum Gasteiger partial charge on any atom is 0.472 e. The fourth-order valence-corrected chi connectivity index (χ4v) is 6.90. The van der Waals surface area contributed by atoms with Crippen molar-refractivity contribution in [3.63, 3.8) is 0 Å². The molecule has 0 saturated heterocycles. The van der Waals surface area contributed by atoms with Crippen molar-refractivity contribution in [2.24, 2.45) is 0 Å². The number of rotatable bonds is 44. The monoisotopic (exact) mass is 839 g/mol. The normalized spacial score (nSPS) is 14.5. The molecule has 0 rings (SSSR count). The number of carbonyl (C=O) groups is 1. The first kappa shape index (κ1) is 56.2. The zero-order chi connectivity index (χ0) is 42.5. The Morgan fingerprint density at radius 3 is 1.47 bits per heavy atom. The van der Waals surface area contributed by atoms with Gasteiger partial charge >= 0.3 is 13.8 Å². The number of unbranched alkanes of at least 4 members (excludes halogenated alkanes) is 20. The lowest BCUT2D eigenvalue weighted by Gasteiger charge is -2.20. The molecule has 58 heavy (non-hydrogen) atoms. The molecule has 10 heteroatoms. The molecule has 0 bridgehead atoms. The number of aliphatic hydroxyl groups excluding tert-OH is 2. The van der Waals surface area contributed by atoms with Crippen molar-refractivity contribution >= 4 is 13.8 Å². The lowest BCUT2D eigenvalue weighted by Crippen LogP contribution is -2.29. The number of phosphoric ester groups is 1. The molecular weight excluding hydrogens is 751 g/mol. The SMILES string of the molecule is CCC/C=C\C/C=C\CCCCCCCC(=O)OC(COCCCCCCCCCCC/C=C\C/C=C\C/C=C\CCCCCCC)COP(=O)(O)OCC(O)CO. The number of hydrogen-bond donors (Lipinski definition) is 3. The van der Waals surface area contributed by atoms with Crippen LogP contribution in [0, 0.1) is 0 Å². The van der Waals surface area contributed by atoms with E-state index in [2.05, 4.69) is 74.6 Å². The van der Waals surface area contributed by atoms with Gasteiger partial charge in [0.2, 0.25) is 0 Å². The van der Waals surface area contributed by atoms with Crippen molar-refractivity contribution < 1.29 is 43.0 Å². The third kappa shape index (κ3) is 43.7. The molecule has 0 aromatic heterocycles. The van der Waals surface area contributed by atoms with E-state index in [1.165, 1.54) is 83.5 Å². The van der Waals surface area contributed by atoms with Crippen molar-refractivity contribution in [1.82, 2.24) is 0 Å². The van der Waals surface area contributed by atoms with Crippen LogP contribution in [0.1, 0.15) is 194 Å². The van der Waals surface area contributed by atoms with Gasteiger partial charge in [0.1, 0.15) is 12.2 Å². The van der Waals surface area contributed by atoms with Crippen LogP contribution in [0.3, 0.4) is 0 Å². The van der Waals surface area contributed by atoms with E-state index < -0.39 is 39.2 Å². The summed E-state index contributed by atoms with van der Waals surface area (Å²) in [6.07, 6.45) is 51.8. The van der Waals surface area contributed by atoms with E-state index >= 15 is 0 Å². The minimum absolute atomic E-state index is 0.0375. The van der Waals surface area contributed by atoms with Gasteiger partial charge < -0.3 is 24.6 Å². The summed E-state index contributed by atoms with van der Waals surface area (Å²) in [4.78, 5) is 22.6. The summed E-state index contributed by atoms with van der Waals surface area (Å²) in [5.74, 6) is -0.401. The second kappa shape index (κ2) is 44.7. The van der Waals surface area contributed by atoms with Crippen molar-refractivity contribution in [1.29, 1.82) is 0 Å². The first-order valence-electron chi connectivity index (χ1n) is 23.3. The molecule has 0 radical (unpaired) electrons. The van der Waals surface area contributed by atoms with Crippen molar-refractivity contribution in [3.05, 3.63) is 60.8 Å². The Kier molecular flexibility index (Phi) is 43.3. The molecule has 338 valence electrons. The van der Waals surface area contributed by atoms with Crippen LogP contribution in [-0.4, -0.2) is 66.3 Å².